The lowest BCUT2D eigenvalue weighted by Gasteiger charge is -2.12. The molecule has 21 heavy (non-hydrogen) atoms. The molecule has 0 fully saturated rings. The smallest absolute Gasteiger partial charge is 0.163 e. The molecule has 1 aromatic carbocycles. The molecule has 4 nitrogen and oxygen atoms in total. The third-order valence-electron chi connectivity index (χ3n) is 2.97. The number of aromatic nitrogens is 2. The van der Waals surface area contributed by atoms with Gasteiger partial charge in [0.15, 0.2) is 5.82 Å². The van der Waals surface area contributed by atoms with Gasteiger partial charge in [-0.3, -0.25) is 0 Å². The van der Waals surface area contributed by atoms with E-state index < -0.39 is 0 Å². The normalized spacial score (nSPS) is 10.5. The molecular formula is C15H17BrIN3O. The van der Waals surface area contributed by atoms with Gasteiger partial charge in [-0.1, -0.05) is 22.9 Å². The summed E-state index contributed by atoms with van der Waals surface area (Å²) in [5, 5.41) is 3.36. The number of anilines is 1. The lowest BCUT2D eigenvalue weighted by Crippen LogP contribution is -2.07. The highest BCUT2D eigenvalue weighted by atomic mass is 127. The zero-order valence-corrected chi connectivity index (χ0v) is 15.9. The first kappa shape index (κ1) is 16.5. The summed E-state index contributed by atoms with van der Waals surface area (Å²) in [6, 6.07) is 5.79. The Bertz CT molecular complexity index is 649. The SMILES string of the molecule is CCCNc1nc(-c2cc(OC)ccc2Br)nc(C)c1I. The molecule has 1 N–H and O–H groups in total. The molecular weight excluding hydrogens is 445 g/mol. The van der Waals surface area contributed by atoms with E-state index in [9.17, 15) is 0 Å². The molecule has 1 aromatic heterocycles. The van der Waals surface area contributed by atoms with Gasteiger partial charge in [0.2, 0.25) is 0 Å². The molecule has 0 aliphatic rings. The highest BCUT2D eigenvalue weighted by molar-refractivity contribution is 14.1. The number of ether oxygens (including phenoxy) is 1. The fourth-order valence-electron chi connectivity index (χ4n) is 1.84. The molecule has 1 heterocycles. The quantitative estimate of drug-likeness (QED) is 0.658. The van der Waals surface area contributed by atoms with E-state index in [4.69, 9.17) is 4.74 Å². The first-order valence-corrected chi connectivity index (χ1v) is 8.56. The number of nitrogens with one attached hydrogen (secondary N) is 1. The van der Waals surface area contributed by atoms with Gasteiger partial charge < -0.3 is 10.1 Å². The lowest BCUT2D eigenvalue weighted by molar-refractivity contribution is 0.415. The number of halogens is 2. The molecule has 2 rings (SSSR count). The predicted octanol–water partition coefficient (Wildman–Crippen LogP) is 4.65. The van der Waals surface area contributed by atoms with E-state index in [1.54, 1.807) is 7.11 Å². The Kier molecular flexibility index (Phi) is 5.80. The van der Waals surface area contributed by atoms with Crippen LogP contribution in [0.15, 0.2) is 22.7 Å². The van der Waals surface area contributed by atoms with Gasteiger partial charge in [0.1, 0.15) is 11.6 Å². The van der Waals surface area contributed by atoms with Crippen LogP contribution in [0.1, 0.15) is 19.0 Å². The maximum Gasteiger partial charge on any atom is 0.163 e. The Balaban J connectivity index is 2.51. The van der Waals surface area contributed by atoms with Crippen molar-refractivity contribution in [2.75, 3.05) is 19.0 Å². The molecule has 0 unspecified atom stereocenters. The van der Waals surface area contributed by atoms with Gasteiger partial charge in [-0.15, -0.1) is 0 Å². The Hall–Kier alpha value is -0.890. The topological polar surface area (TPSA) is 47.0 Å². The van der Waals surface area contributed by atoms with E-state index >= 15 is 0 Å². The summed E-state index contributed by atoms with van der Waals surface area (Å²) in [7, 11) is 1.65. The van der Waals surface area contributed by atoms with Crippen LogP contribution in [0.5, 0.6) is 5.75 Å². The second kappa shape index (κ2) is 7.40. The minimum atomic E-state index is 0.692. The van der Waals surface area contributed by atoms with Gasteiger partial charge in [-0.05, 0) is 54.1 Å². The largest absolute Gasteiger partial charge is 0.497 e. The Morgan fingerprint density at radius 1 is 1.33 bits per heavy atom. The van der Waals surface area contributed by atoms with Gasteiger partial charge >= 0.3 is 0 Å². The van der Waals surface area contributed by atoms with Crippen LogP contribution in [0.25, 0.3) is 11.4 Å². The average Bonchev–Trinajstić information content (AvgIpc) is 2.49. The highest BCUT2D eigenvalue weighted by Gasteiger charge is 2.13. The molecule has 0 saturated carbocycles. The number of methoxy groups -OCH3 is 1. The van der Waals surface area contributed by atoms with Crippen LogP contribution in [0, 0.1) is 10.5 Å². The van der Waals surface area contributed by atoms with Gasteiger partial charge in [0.25, 0.3) is 0 Å². The minimum Gasteiger partial charge on any atom is -0.497 e. The van der Waals surface area contributed by atoms with Crippen molar-refractivity contribution in [3.05, 3.63) is 31.9 Å². The summed E-state index contributed by atoms with van der Waals surface area (Å²) in [5.74, 6) is 2.36. The van der Waals surface area contributed by atoms with Gasteiger partial charge in [-0.25, -0.2) is 9.97 Å². The van der Waals surface area contributed by atoms with Crippen molar-refractivity contribution in [1.82, 2.24) is 9.97 Å². The van der Waals surface area contributed by atoms with Crippen molar-refractivity contribution < 1.29 is 4.74 Å². The van der Waals surface area contributed by atoms with Crippen molar-refractivity contribution in [2.24, 2.45) is 0 Å². The monoisotopic (exact) mass is 461 g/mol. The van der Waals surface area contributed by atoms with E-state index in [1.165, 1.54) is 0 Å². The van der Waals surface area contributed by atoms with Gasteiger partial charge in [0, 0.05) is 16.6 Å². The van der Waals surface area contributed by atoms with Crippen LogP contribution in [0.3, 0.4) is 0 Å². The first-order valence-electron chi connectivity index (χ1n) is 6.68. The van der Waals surface area contributed by atoms with Crippen LogP contribution in [0.4, 0.5) is 5.82 Å². The van der Waals surface area contributed by atoms with E-state index in [0.717, 1.165) is 43.8 Å². The Morgan fingerprint density at radius 3 is 2.76 bits per heavy atom. The van der Waals surface area contributed by atoms with Crippen LogP contribution >= 0.6 is 38.5 Å². The van der Waals surface area contributed by atoms with E-state index in [2.05, 4.69) is 60.7 Å². The molecule has 0 spiro atoms. The van der Waals surface area contributed by atoms with Gasteiger partial charge in [0.05, 0.1) is 16.4 Å². The van der Waals surface area contributed by atoms with Crippen LogP contribution in [-0.2, 0) is 0 Å². The molecule has 112 valence electrons. The molecule has 0 atom stereocenters. The van der Waals surface area contributed by atoms with Crippen molar-refractivity contribution >= 4 is 44.3 Å². The second-order valence-electron chi connectivity index (χ2n) is 4.57. The Labute approximate surface area is 147 Å². The molecule has 0 aliphatic heterocycles. The number of aryl methyl sites for hydroxylation is 1. The van der Waals surface area contributed by atoms with E-state index in [-0.39, 0.29) is 0 Å². The number of nitrogens with zero attached hydrogens (tertiary/aromatic N) is 2. The maximum atomic E-state index is 5.29. The molecule has 0 amide bonds. The van der Waals surface area contributed by atoms with Crippen molar-refractivity contribution in [3.8, 4) is 17.1 Å². The maximum absolute atomic E-state index is 5.29. The molecule has 2 aromatic rings. The summed E-state index contributed by atoms with van der Waals surface area (Å²) in [4.78, 5) is 9.27. The summed E-state index contributed by atoms with van der Waals surface area (Å²) in [6.07, 6.45) is 1.05. The number of rotatable bonds is 5. The predicted molar refractivity (Wildman–Crippen MR) is 98.0 cm³/mol. The summed E-state index contributed by atoms with van der Waals surface area (Å²) >= 11 is 5.84. The zero-order valence-electron chi connectivity index (χ0n) is 12.2. The third-order valence-corrected chi connectivity index (χ3v) is 4.96. The first-order chi connectivity index (χ1) is 10.1. The summed E-state index contributed by atoms with van der Waals surface area (Å²) < 4.78 is 7.30. The Morgan fingerprint density at radius 2 is 2.10 bits per heavy atom. The summed E-state index contributed by atoms with van der Waals surface area (Å²) in [5.41, 5.74) is 1.89. The lowest BCUT2D eigenvalue weighted by atomic mass is 10.2. The van der Waals surface area contributed by atoms with Gasteiger partial charge in [-0.2, -0.15) is 0 Å². The van der Waals surface area contributed by atoms with E-state index in [0.29, 0.717) is 5.82 Å². The molecule has 0 aliphatic carbocycles. The zero-order chi connectivity index (χ0) is 15.4. The highest BCUT2D eigenvalue weighted by Crippen LogP contribution is 2.31. The number of benzene rings is 1. The number of hydrogen-bond acceptors (Lipinski definition) is 4. The third kappa shape index (κ3) is 3.85. The van der Waals surface area contributed by atoms with Crippen LogP contribution in [-0.4, -0.2) is 23.6 Å². The molecule has 6 heteroatoms. The van der Waals surface area contributed by atoms with Crippen molar-refractivity contribution in [1.29, 1.82) is 0 Å². The van der Waals surface area contributed by atoms with Crippen LogP contribution in [0.2, 0.25) is 0 Å². The minimum absolute atomic E-state index is 0.692. The number of hydrogen-bond donors (Lipinski definition) is 1. The van der Waals surface area contributed by atoms with E-state index in [1.807, 2.05) is 25.1 Å². The molecule has 0 bridgehead atoms. The fraction of sp³-hybridized carbons (Fsp3) is 0.333. The second-order valence-corrected chi connectivity index (χ2v) is 6.50. The van der Waals surface area contributed by atoms with Crippen LogP contribution < -0.4 is 10.1 Å². The molecule has 0 saturated heterocycles. The van der Waals surface area contributed by atoms with Crippen molar-refractivity contribution in [2.45, 2.75) is 20.3 Å². The summed E-state index contributed by atoms with van der Waals surface area (Å²) in [6.45, 7) is 5.02. The molecule has 0 radical (unpaired) electrons. The fourth-order valence-corrected chi connectivity index (χ4v) is 2.70. The van der Waals surface area contributed by atoms with Crippen molar-refractivity contribution in [3.63, 3.8) is 0 Å². The average molecular weight is 462 g/mol. The standard InChI is InChI=1S/C15H17BrIN3O/c1-4-7-18-15-13(17)9(2)19-14(20-15)11-8-10(21-3)5-6-12(11)16/h5-6,8H,4,7H2,1-3H3,(H,18,19,20).